The summed E-state index contributed by atoms with van der Waals surface area (Å²) in [6.45, 7) is 0.775. The van der Waals surface area contributed by atoms with Crippen molar-refractivity contribution in [1.82, 2.24) is 9.88 Å². The molecule has 0 N–H and O–H groups in total. The molecule has 1 unspecified atom stereocenters. The molecule has 0 saturated carbocycles. The number of esters is 1. The van der Waals surface area contributed by atoms with E-state index < -0.39 is 17.9 Å². The highest BCUT2D eigenvalue weighted by Gasteiger charge is 2.32. The van der Waals surface area contributed by atoms with Crippen molar-refractivity contribution >= 4 is 18.2 Å². The van der Waals surface area contributed by atoms with E-state index in [-0.39, 0.29) is 6.29 Å². The van der Waals surface area contributed by atoms with E-state index >= 15 is 0 Å². The molecule has 1 aromatic heterocycles. The molecule has 23 heavy (non-hydrogen) atoms. The Bertz CT molecular complexity index is 533. The van der Waals surface area contributed by atoms with Crippen molar-refractivity contribution in [2.45, 2.75) is 44.6 Å². The highest BCUT2D eigenvalue weighted by atomic mass is 16.5. The normalized spacial score (nSPS) is 17.6. The van der Waals surface area contributed by atoms with Crippen molar-refractivity contribution in [2.24, 2.45) is 0 Å². The minimum Gasteiger partial charge on any atom is -0.464 e. The first-order chi connectivity index (χ1) is 11.2. The monoisotopic (exact) mass is 318 g/mol. The zero-order chi connectivity index (χ0) is 16.5. The molecule has 1 aromatic rings. The minimum atomic E-state index is -0.636. The molecule has 6 heteroatoms. The summed E-state index contributed by atoms with van der Waals surface area (Å²) >= 11 is 0. The number of unbranched alkanes of at least 4 members (excludes halogenated alkanes) is 1. The van der Waals surface area contributed by atoms with Crippen LogP contribution < -0.4 is 0 Å². The molecule has 1 atom stereocenters. The predicted octanol–water partition coefficient (Wildman–Crippen LogP) is 1.53. The van der Waals surface area contributed by atoms with E-state index in [1.54, 1.807) is 6.20 Å². The van der Waals surface area contributed by atoms with Gasteiger partial charge >= 0.3 is 5.97 Å². The van der Waals surface area contributed by atoms with E-state index in [9.17, 15) is 14.4 Å². The summed E-state index contributed by atoms with van der Waals surface area (Å²) in [6, 6.07) is 3.31. The Balaban J connectivity index is 1.71. The van der Waals surface area contributed by atoms with Gasteiger partial charge in [-0.05, 0) is 50.2 Å². The van der Waals surface area contributed by atoms with Gasteiger partial charge in [-0.3, -0.25) is 14.6 Å². The van der Waals surface area contributed by atoms with Crippen LogP contribution in [0.1, 0.15) is 37.7 Å². The number of nitrogens with zero attached hydrogens (tertiary/aromatic N) is 2. The number of likely N-dealkylation sites (tertiary alicyclic amines) is 1. The SMILES string of the molecule is O=CC(=O)N1CCCCC1C(=O)OCCCCc1cccnc1. The summed E-state index contributed by atoms with van der Waals surface area (Å²) in [5, 5.41) is 0. The molecule has 0 bridgehead atoms. The molecule has 0 aromatic carbocycles. The average Bonchev–Trinajstić information content (AvgIpc) is 2.61. The van der Waals surface area contributed by atoms with Crippen LogP contribution in [0.3, 0.4) is 0 Å². The smallest absolute Gasteiger partial charge is 0.328 e. The van der Waals surface area contributed by atoms with Crippen molar-refractivity contribution in [3.05, 3.63) is 30.1 Å². The van der Waals surface area contributed by atoms with Gasteiger partial charge in [0.1, 0.15) is 6.04 Å². The van der Waals surface area contributed by atoms with Gasteiger partial charge in [-0.25, -0.2) is 4.79 Å². The Kier molecular flexibility index (Phi) is 6.72. The highest BCUT2D eigenvalue weighted by Crippen LogP contribution is 2.18. The number of rotatable bonds is 7. The summed E-state index contributed by atoms with van der Waals surface area (Å²) in [4.78, 5) is 39.7. The molecular weight excluding hydrogens is 296 g/mol. The van der Waals surface area contributed by atoms with E-state index in [1.165, 1.54) is 4.90 Å². The number of aryl methyl sites for hydroxylation is 1. The third kappa shape index (κ3) is 5.16. The van der Waals surface area contributed by atoms with E-state index in [2.05, 4.69) is 4.98 Å². The Hall–Kier alpha value is -2.24. The third-order valence-corrected chi connectivity index (χ3v) is 3.99. The molecule has 1 amide bonds. The van der Waals surface area contributed by atoms with Crippen LogP contribution in [0.25, 0.3) is 0 Å². The van der Waals surface area contributed by atoms with Crippen LogP contribution in [0.5, 0.6) is 0 Å². The molecule has 124 valence electrons. The third-order valence-electron chi connectivity index (χ3n) is 3.99. The van der Waals surface area contributed by atoms with Gasteiger partial charge in [0.15, 0.2) is 0 Å². The van der Waals surface area contributed by atoms with E-state index in [1.807, 2.05) is 18.3 Å². The number of hydrogen-bond acceptors (Lipinski definition) is 5. The van der Waals surface area contributed by atoms with Crippen LogP contribution in [0, 0.1) is 0 Å². The van der Waals surface area contributed by atoms with Crippen LogP contribution >= 0.6 is 0 Å². The number of pyridine rings is 1. The van der Waals surface area contributed by atoms with Gasteiger partial charge in [0, 0.05) is 18.9 Å². The van der Waals surface area contributed by atoms with Gasteiger partial charge in [-0.1, -0.05) is 6.07 Å². The van der Waals surface area contributed by atoms with Gasteiger partial charge < -0.3 is 9.64 Å². The number of ether oxygens (including phenoxy) is 1. The van der Waals surface area contributed by atoms with Gasteiger partial charge in [0.25, 0.3) is 5.91 Å². The summed E-state index contributed by atoms with van der Waals surface area (Å²) in [5.74, 6) is -1.04. The Morgan fingerprint density at radius 1 is 1.35 bits per heavy atom. The molecule has 1 saturated heterocycles. The van der Waals surface area contributed by atoms with E-state index in [0.29, 0.717) is 19.6 Å². The molecular formula is C17H22N2O4. The van der Waals surface area contributed by atoms with Crippen molar-refractivity contribution in [3.63, 3.8) is 0 Å². The lowest BCUT2D eigenvalue weighted by Gasteiger charge is -2.32. The summed E-state index contributed by atoms with van der Waals surface area (Å²) in [6.07, 6.45) is 8.63. The standard InChI is InChI=1S/C17H22N2O4/c20-13-16(21)19-10-3-1-8-15(19)17(22)23-11-4-2-6-14-7-5-9-18-12-14/h5,7,9,12-13,15H,1-4,6,8,10-11H2. The average molecular weight is 318 g/mol. The number of hydrogen-bond donors (Lipinski definition) is 0. The zero-order valence-electron chi connectivity index (χ0n) is 13.1. The van der Waals surface area contributed by atoms with Crippen LogP contribution in [0.4, 0.5) is 0 Å². The predicted molar refractivity (Wildman–Crippen MR) is 83.6 cm³/mol. The number of carbonyl (C=O) groups excluding carboxylic acids is 3. The van der Waals surface area contributed by atoms with Crippen LogP contribution in [-0.2, 0) is 25.5 Å². The topological polar surface area (TPSA) is 76.6 Å². The van der Waals surface area contributed by atoms with Gasteiger partial charge in [-0.2, -0.15) is 0 Å². The largest absolute Gasteiger partial charge is 0.464 e. The molecule has 1 fully saturated rings. The molecule has 0 spiro atoms. The lowest BCUT2D eigenvalue weighted by Crippen LogP contribution is -2.49. The molecule has 2 heterocycles. The Labute approximate surface area is 135 Å². The molecule has 6 nitrogen and oxygen atoms in total. The second kappa shape index (κ2) is 9.02. The minimum absolute atomic E-state index is 0.263. The molecule has 1 aliphatic heterocycles. The number of carbonyl (C=O) groups is 3. The van der Waals surface area contributed by atoms with Gasteiger partial charge in [-0.15, -0.1) is 0 Å². The Morgan fingerprint density at radius 3 is 2.96 bits per heavy atom. The molecule has 2 rings (SSSR count). The van der Waals surface area contributed by atoms with Crippen molar-refractivity contribution in [1.29, 1.82) is 0 Å². The van der Waals surface area contributed by atoms with Gasteiger partial charge in [0.05, 0.1) is 6.61 Å². The quantitative estimate of drug-likeness (QED) is 0.330. The fourth-order valence-electron chi connectivity index (χ4n) is 2.75. The van der Waals surface area contributed by atoms with Crippen LogP contribution in [0.2, 0.25) is 0 Å². The molecule has 1 aliphatic rings. The first kappa shape index (κ1) is 17.1. The molecule has 0 radical (unpaired) electrons. The number of amides is 1. The summed E-state index contributed by atoms with van der Waals surface area (Å²) in [7, 11) is 0. The van der Waals surface area contributed by atoms with E-state index in [0.717, 1.165) is 37.7 Å². The zero-order valence-corrected chi connectivity index (χ0v) is 13.1. The summed E-state index contributed by atoms with van der Waals surface area (Å²) < 4.78 is 5.28. The first-order valence-corrected chi connectivity index (χ1v) is 8.03. The van der Waals surface area contributed by atoms with Crippen LogP contribution in [0.15, 0.2) is 24.5 Å². The van der Waals surface area contributed by atoms with Crippen molar-refractivity contribution < 1.29 is 19.1 Å². The lowest BCUT2D eigenvalue weighted by atomic mass is 10.0. The second-order valence-corrected chi connectivity index (χ2v) is 5.65. The molecule has 0 aliphatic carbocycles. The Morgan fingerprint density at radius 2 is 2.22 bits per heavy atom. The fourth-order valence-corrected chi connectivity index (χ4v) is 2.75. The van der Waals surface area contributed by atoms with E-state index in [4.69, 9.17) is 4.74 Å². The number of aromatic nitrogens is 1. The van der Waals surface area contributed by atoms with Crippen LogP contribution in [-0.4, -0.2) is 47.2 Å². The summed E-state index contributed by atoms with van der Waals surface area (Å²) in [5.41, 5.74) is 1.16. The van der Waals surface area contributed by atoms with Crippen molar-refractivity contribution in [2.75, 3.05) is 13.2 Å². The maximum absolute atomic E-state index is 12.1. The lowest BCUT2D eigenvalue weighted by molar-refractivity contribution is -0.157. The number of piperidine rings is 1. The van der Waals surface area contributed by atoms with Crippen molar-refractivity contribution in [3.8, 4) is 0 Å². The van der Waals surface area contributed by atoms with Gasteiger partial charge in [0.2, 0.25) is 6.29 Å². The maximum Gasteiger partial charge on any atom is 0.328 e. The number of aldehydes is 1. The highest BCUT2D eigenvalue weighted by molar-refractivity contribution is 6.24. The first-order valence-electron chi connectivity index (χ1n) is 8.03. The fraction of sp³-hybridized carbons (Fsp3) is 0.529. The second-order valence-electron chi connectivity index (χ2n) is 5.65. The maximum atomic E-state index is 12.1.